The van der Waals surface area contributed by atoms with Gasteiger partial charge in [0.25, 0.3) is 5.91 Å². The van der Waals surface area contributed by atoms with E-state index in [1.807, 2.05) is 30.3 Å². The van der Waals surface area contributed by atoms with E-state index >= 15 is 0 Å². The summed E-state index contributed by atoms with van der Waals surface area (Å²) < 4.78 is 25.2. The first-order chi connectivity index (χ1) is 14.3. The van der Waals surface area contributed by atoms with Crippen molar-refractivity contribution in [3.05, 3.63) is 59.7 Å². The topological polar surface area (TPSA) is 86.8 Å². The van der Waals surface area contributed by atoms with E-state index in [0.717, 1.165) is 24.1 Å². The van der Waals surface area contributed by atoms with Gasteiger partial charge < -0.3 is 10.2 Å². The van der Waals surface area contributed by atoms with Crippen LogP contribution in [0.1, 0.15) is 28.8 Å². The maximum absolute atomic E-state index is 13.1. The van der Waals surface area contributed by atoms with E-state index in [4.69, 9.17) is 0 Å². The molecule has 0 saturated carbocycles. The van der Waals surface area contributed by atoms with Crippen molar-refractivity contribution in [2.45, 2.75) is 19.3 Å². The molecule has 0 radical (unpaired) electrons. The Morgan fingerprint density at radius 3 is 2.57 bits per heavy atom. The highest BCUT2D eigenvalue weighted by atomic mass is 32.2. The maximum atomic E-state index is 13.1. The largest absolute Gasteiger partial charge is 0.338 e. The highest BCUT2D eigenvalue weighted by molar-refractivity contribution is 7.92. The van der Waals surface area contributed by atoms with Gasteiger partial charge in [0.15, 0.2) is 0 Å². The lowest BCUT2D eigenvalue weighted by atomic mass is 9.96. The lowest BCUT2D eigenvalue weighted by molar-refractivity contribution is -0.121. The number of carbonyl (C=O) groups excluding carboxylic acids is 2. The number of sulfonamides is 1. The number of fused-ring (bicyclic) bond motifs is 1. The average molecular weight is 428 g/mol. The Morgan fingerprint density at radius 1 is 1.07 bits per heavy atom. The molecule has 1 atom stereocenters. The number of hydrogen-bond donors (Lipinski definition) is 1. The first-order valence-electron chi connectivity index (χ1n) is 10.1. The molecule has 2 amide bonds. The van der Waals surface area contributed by atoms with Gasteiger partial charge in [-0.05, 0) is 55.2 Å². The van der Waals surface area contributed by atoms with Crippen LogP contribution in [0.5, 0.6) is 0 Å². The second-order valence-corrected chi connectivity index (χ2v) is 9.78. The summed E-state index contributed by atoms with van der Waals surface area (Å²) in [7, 11) is -3.32. The molecule has 1 fully saturated rings. The fraction of sp³-hybridized carbons (Fsp3) is 0.364. The van der Waals surface area contributed by atoms with E-state index in [-0.39, 0.29) is 17.7 Å². The van der Waals surface area contributed by atoms with Crippen molar-refractivity contribution in [1.29, 1.82) is 0 Å². The molecule has 4 rings (SSSR count). The van der Waals surface area contributed by atoms with Crippen molar-refractivity contribution in [1.82, 2.24) is 4.90 Å². The van der Waals surface area contributed by atoms with Gasteiger partial charge in [0.05, 0.1) is 17.9 Å². The van der Waals surface area contributed by atoms with Gasteiger partial charge in [0.2, 0.25) is 15.9 Å². The number of benzene rings is 2. The Morgan fingerprint density at radius 2 is 1.83 bits per heavy atom. The van der Waals surface area contributed by atoms with E-state index in [9.17, 15) is 18.0 Å². The molecular formula is C22H25N3O4S. The van der Waals surface area contributed by atoms with Crippen molar-refractivity contribution in [3.63, 3.8) is 0 Å². The normalized spacial score (nSPS) is 18.8. The van der Waals surface area contributed by atoms with Crippen molar-refractivity contribution in [3.8, 4) is 0 Å². The fourth-order valence-corrected chi connectivity index (χ4v) is 5.13. The summed E-state index contributed by atoms with van der Waals surface area (Å²) in [5.41, 5.74) is 2.79. The number of amides is 2. The standard InChI is InChI=1S/C22H25N3O4S/c1-30(28,29)25-13-11-16-14-17(9-10-20(16)25)22(27)24-12-5-6-18(15-24)21(26)23-19-7-3-2-4-8-19/h2-4,7-10,14,18H,5-6,11-13,15H2,1H3,(H,23,26). The van der Waals surface area contributed by atoms with Crippen LogP contribution in [0, 0.1) is 5.92 Å². The lowest BCUT2D eigenvalue weighted by Crippen LogP contribution is -2.43. The molecular weight excluding hydrogens is 402 g/mol. The average Bonchev–Trinajstić information content (AvgIpc) is 3.18. The zero-order chi connectivity index (χ0) is 21.3. The number of carbonyl (C=O) groups is 2. The number of para-hydroxylation sites is 1. The molecule has 1 unspecified atom stereocenters. The van der Waals surface area contributed by atoms with Crippen molar-refractivity contribution < 1.29 is 18.0 Å². The number of anilines is 2. The number of piperidine rings is 1. The zero-order valence-electron chi connectivity index (χ0n) is 16.9. The molecule has 0 aromatic heterocycles. The van der Waals surface area contributed by atoms with Gasteiger partial charge >= 0.3 is 0 Å². The predicted octanol–water partition coefficient (Wildman–Crippen LogP) is 2.50. The number of likely N-dealkylation sites (tertiary alicyclic amines) is 1. The third-order valence-electron chi connectivity index (χ3n) is 5.70. The SMILES string of the molecule is CS(=O)(=O)N1CCc2cc(C(=O)N3CCCC(C(=O)Nc4ccccc4)C3)ccc21. The van der Waals surface area contributed by atoms with Gasteiger partial charge in [-0.1, -0.05) is 18.2 Å². The van der Waals surface area contributed by atoms with Crippen LogP contribution in [0.25, 0.3) is 0 Å². The molecule has 0 aliphatic carbocycles. The second kappa shape index (κ2) is 8.10. The lowest BCUT2D eigenvalue weighted by Gasteiger charge is -2.32. The molecule has 2 aliphatic heterocycles. The molecule has 2 heterocycles. The number of rotatable bonds is 4. The van der Waals surface area contributed by atoms with Crippen LogP contribution in [0.15, 0.2) is 48.5 Å². The Labute approximate surface area is 176 Å². The Bertz CT molecular complexity index is 1070. The van der Waals surface area contributed by atoms with Gasteiger partial charge in [0, 0.05) is 30.9 Å². The number of nitrogens with one attached hydrogen (secondary N) is 1. The number of hydrogen-bond acceptors (Lipinski definition) is 4. The molecule has 0 bridgehead atoms. The van der Waals surface area contributed by atoms with Crippen LogP contribution >= 0.6 is 0 Å². The van der Waals surface area contributed by atoms with Gasteiger partial charge in [-0.15, -0.1) is 0 Å². The minimum Gasteiger partial charge on any atom is -0.338 e. The van der Waals surface area contributed by atoms with Crippen LogP contribution < -0.4 is 9.62 Å². The van der Waals surface area contributed by atoms with E-state index in [1.54, 1.807) is 23.1 Å². The molecule has 1 saturated heterocycles. The molecule has 2 aromatic rings. The predicted molar refractivity (Wildman–Crippen MR) is 116 cm³/mol. The monoisotopic (exact) mass is 427 g/mol. The molecule has 30 heavy (non-hydrogen) atoms. The Kier molecular flexibility index (Phi) is 5.51. The highest BCUT2D eigenvalue weighted by Gasteiger charge is 2.31. The third-order valence-corrected chi connectivity index (χ3v) is 6.88. The smallest absolute Gasteiger partial charge is 0.253 e. The summed E-state index contributed by atoms with van der Waals surface area (Å²) >= 11 is 0. The summed E-state index contributed by atoms with van der Waals surface area (Å²) in [6, 6.07) is 14.5. The van der Waals surface area contributed by atoms with Crippen molar-refractivity contribution in [2.24, 2.45) is 5.92 Å². The maximum Gasteiger partial charge on any atom is 0.253 e. The van der Waals surface area contributed by atoms with Crippen LogP contribution in [0.2, 0.25) is 0 Å². The van der Waals surface area contributed by atoms with Gasteiger partial charge in [0.1, 0.15) is 0 Å². The van der Waals surface area contributed by atoms with Crippen molar-refractivity contribution in [2.75, 3.05) is 35.5 Å². The van der Waals surface area contributed by atoms with E-state index in [1.165, 1.54) is 10.6 Å². The molecule has 2 aliphatic rings. The van der Waals surface area contributed by atoms with E-state index < -0.39 is 10.0 Å². The van der Waals surface area contributed by atoms with Gasteiger partial charge in [-0.25, -0.2) is 8.42 Å². The highest BCUT2D eigenvalue weighted by Crippen LogP contribution is 2.31. The van der Waals surface area contributed by atoms with Crippen LogP contribution in [-0.4, -0.2) is 51.0 Å². The molecule has 158 valence electrons. The van der Waals surface area contributed by atoms with E-state index in [2.05, 4.69) is 5.32 Å². The second-order valence-electron chi connectivity index (χ2n) is 7.87. The third kappa shape index (κ3) is 4.18. The molecule has 2 aromatic carbocycles. The van der Waals surface area contributed by atoms with Crippen LogP contribution in [0.3, 0.4) is 0 Å². The summed E-state index contributed by atoms with van der Waals surface area (Å²) in [4.78, 5) is 27.4. The first-order valence-corrected chi connectivity index (χ1v) is 11.9. The molecule has 7 nitrogen and oxygen atoms in total. The molecule has 1 N–H and O–H groups in total. The summed E-state index contributed by atoms with van der Waals surface area (Å²) in [6.45, 7) is 1.39. The Hall–Kier alpha value is -2.87. The summed E-state index contributed by atoms with van der Waals surface area (Å²) in [5.74, 6) is -0.442. The van der Waals surface area contributed by atoms with Crippen LogP contribution in [-0.2, 0) is 21.2 Å². The van der Waals surface area contributed by atoms with Gasteiger partial charge in [-0.3, -0.25) is 13.9 Å². The van der Waals surface area contributed by atoms with E-state index in [0.29, 0.717) is 37.3 Å². The minimum absolute atomic E-state index is 0.0727. The molecule has 0 spiro atoms. The summed E-state index contributed by atoms with van der Waals surface area (Å²) in [6.07, 6.45) is 3.29. The zero-order valence-corrected chi connectivity index (χ0v) is 17.7. The van der Waals surface area contributed by atoms with Gasteiger partial charge in [-0.2, -0.15) is 0 Å². The first kappa shape index (κ1) is 20.4. The summed E-state index contributed by atoms with van der Waals surface area (Å²) in [5, 5.41) is 2.92. The number of nitrogens with zero attached hydrogens (tertiary/aromatic N) is 2. The molecule has 8 heteroatoms. The minimum atomic E-state index is -3.32. The van der Waals surface area contributed by atoms with Crippen molar-refractivity contribution >= 4 is 33.2 Å². The Balaban J connectivity index is 1.45. The fourth-order valence-electron chi connectivity index (χ4n) is 4.17. The quantitative estimate of drug-likeness (QED) is 0.812. The van der Waals surface area contributed by atoms with Crippen LogP contribution in [0.4, 0.5) is 11.4 Å².